The summed E-state index contributed by atoms with van der Waals surface area (Å²) >= 11 is 0. The Bertz CT molecular complexity index is 838. The zero-order chi connectivity index (χ0) is 26.4. The van der Waals surface area contributed by atoms with Crippen molar-refractivity contribution in [2.75, 3.05) is 25.0 Å². The molecule has 0 bridgehead atoms. The van der Waals surface area contributed by atoms with E-state index in [1.807, 2.05) is 13.8 Å². The summed E-state index contributed by atoms with van der Waals surface area (Å²) in [5.41, 5.74) is 2.14. The number of anilines is 1. The van der Waals surface area contributed by atoms with E-state index in [1.54, 1.807) is 28.4 Å². The molecule has 0 saturated carbocycles. The van der Waals surface area contributed by atoms with Gasteiger partial charge in [0.2, 0.25) is 17.7 Å². The van der Waals surface area contributed by atoms with Crippen molar-refractivity contribution in [2.45, 2.75) is 78.1 Å². The van der Waals surface area contributed by atoms with Gasteiger partial charge < -0.3 is 25.7 Å². The molecule has 0 aromatic heterocycles. The normalized spacial score (nSPS) is 10.7. The Morgan fingerprint density at radius 1 is 0.743 bits per heavy atom. The molecule has 0 radical (unpaired) electrons. The molecule has 0 saturated heterocycles. The highest BCUT2D eigenvalue weighted by molar-refractivity contribution is 6.56. The molecule has 1 aromatic carbocycles. The second-order valence-electron chi connectivity index (χ2n) is 9.24. The minimum Gasteiger partial charge on any atom is -0.505 e. The maximum atomic E-state index is 12.7. The van der Waals surface area contributed by atoms with Crippen LogP contribution in [0.5, 0.6) is 11.5 Å². The lowest BCUT2D eigenvalue weighted by Gasteiger charge is -2.23. The van der Waals surface area contributed by atoms with Crippen LogP contribution in [0.15, 0.2) is 0 Å². The Labute approximate surface area is 212 Å². The molecule has 1 aromatic rings. The monoisotopic (exact) mass is 485 g/mol. The van der Waals surface area contributed by atoms with Crippen molar-refractivity contribution in [2.24, 2.45) is 0 Å². The van der Waals surface area contributed by atoms with Crippen molar-refractivity contribution in [3.63, 3.8) is 0 Å². The molecule has 192 valence electrons. The van der Waals surface area contributed by atoms with Gasteiger partial charge in [0.1, 0.15) is 29.3 Å². The summed E-state index contributed by atoms with van der Waals surface area (Å²) < 4.78 is 0. The van der Waals surface area contributed by atoms with Crippen molar-refractivity contribution in [1.29, 1.82) is 0 Å². The highest BCUT2D eigenvalue weighted by Gasteiger charge is 2.19. The molecule has 11 heteroatoms. The number of unbranched alkanes of at least 4 members (excludes halogenated alkanes) is 4. The van der Waals surface area contributed by atoms with Gasteiger partial charge in [-0.2, -0.15) is 0 Å². The van der Waals surface area contributed by atoms with Crippen LogP contribution in [-0.2, 0) is 14.4 Å². The van der Waals surface area contributed by atoms with Gasteiger partial charge in [0, 0.05) is 44.6 Å². The predicted octanol–water partition coefficient (Wildman–Crippen LogP) is -1.30. The maximum Gasteiger partial charge on any atom is 0.226 e. The first-order valence-electron chi connectivity index (χ1n) is 13.0. The molecule has 0 atom stereocenters. The number of nitrogens with zero attached hydrogens (tertiary/aromatic N) is 1. The SMILES string of the molecule is Bc1c(B)c(NC(=O)CCN(CCCCCCNC(=O)CCC)C(=O)CCCC)c(B)c(O)c1O. The van der Waals surface area contributed by atoms with Crippen LogP contribution in [-0.4, -0.2) is 76.0 Å². The molecule has 35 heavy (non-hydrogen) atoms. The molecule has 0 aliphatic heterocycles. The number of carbonyl (C=O) groups is 3. The quantitative estimate of drug-likeness (QED) is 0.101. The number of amides is 3. The Hall–Kier alpha value is -2.58. The fourth-order valence-electron chi connectivity index (χ4n) is 3.92. The average Bonchev–Trinajstić information content (AvgIpc) is 2.84. The summed E-state index contributed by atoms with van der Waals surface area (Å²) in [5.74, 6) is -0.478. The molecule has 0 fully saturated rings. The minimum atomic E-state index is -0.239. The van der Waals surface area contributed by atoms with Gasteiger partial charge in [-0.1, -0.05) is 38.6 Å². The summed E-state index contributed by atoms with van der Waals surface area (Å²) in [4.78, 5) is 38.7. The van der Waals surface area contributed by atoms with Crippen LogP contribution in [0.3, 0.4) is 0 Å². The van der Waals surface area contributed by atoms with E-state index in [4.69, 9.17) is 0 Å². The predicted molar refractivity (Wildman–Crippen MR) is 150 cm³/mol. The van der Waals surface area contributed by atoms with Crippen LogP contribution in [0.2, 0.25) is 0 Å². The van der Waals surface area contributed by atoms with Gasteiger partial charge in [0.15, 0.2) is 5.75 Å². The Morgan fingerprint density at radius 3 is 2.06 bits per heavy atom. The molecule has 8 nitrogen and oxygen atoms in total. The van der Waals surface area contributed by atoms with Crippen molar-refractivity contribution in [3.05, 3.63) is 0 Å². The molecule has 3 amide bonds. The molecular weight excluding hydrogens is 443 g/mol. The Balaban J connectivity index is 2.59. The van der Waals surface area contributed by atoms with Crippen LogP contribution < -0.4 is 27.0 Å². The number of nitrogens with one attached hydrogen (secondary N) is 2. The first-order valence-corrected chi connectivity index (χ1v) is 13.0. The molecule has 0 spiro atoms. The van der Waals surface area contributed by atoms with Crippen LogP contribution in [0, 0.1) is 0 Å². The maximum absolute atomic E-state index is 12.7. The van der Waals surface area contributed by atoms with Gasteiger partial charge in [-0.25, -0.2) is 0 Å². The third kappa shape index (κ3) is 10.3. The van der Waals surface area contributed by atoms with E-state index in [0.29, 0.717) is 54.6 Å². The van der Waals surface area contributed by atoms with Crippen LogP contribution in [0.1, 0.15) is 78.1 Å². The van der Waals surface area contributed by atoms with E-state index in [9.17, 15) is 24.6 Å². The number of phenolic OH excluding ortho intramolecular Hbond substituents is 2. The zero-order valence-electron chi connectivity index (χ0n) is 22.3. The number of hydrogen-bond acceptors (Lipinski definition) is 5. The lowest BCUT2D eigenvalue weighted by molar-refractivity contribution is -0.132. The highest BCUT2D eigenvalue weighted by Crippen LogP contribution is 2.20. The van der Waals surface area contributed by atoms with E-state index >= 15 is 0 Å². The van der Waals surface area contributed by atoms with Crippen LogP contribution in [0.4, 0.5) is 5.69 Å². The van der Waals surface area contributed by atoms with E-state index in [-0.39, 0.29) is 35.6 Å². The van der Waals surface area contributed by atoms with E-state index < -0.39 is 0 Å². The minimum absolute atomic E-state index is 0.0666. The average molecular weight is 485 g/mol. The summed E-state index contributed by atoms with van der Waals surface area (Å²) in [6.07, 6.45) is 7.51. The zero-order valence-corrected chi connectivity index (χ0v) is 22.3. The lowest BCUT2D eigenvalue weighted by Crippen LogP contribution is -2.38. The van der Waals surface area contributed by atoms with Gasteiger partial charge in [-0.15, -0.1) is 0 Å². The smallest absolute Gasteiger partial charge is 0.226 e. The van der Waals surface area contributed by atoms with E-state index in [2.05, 4.69) is 10.6 Å². The largest absolute Gasteiger partial charge is 0.505 e. The number of hydrogen-bond donors (Lipinski definition) is 4. The van der Waals surface area contributed by atoms with Crippen LogP contribution in [0.25, 0.3) is 0 Å². The summed E-state index contributed by atoms with van der Waals surface area (Å²) in [5, 5.41) is 25.9. The molecule has 0 unspecified atom stereocenters. The standard InChI is InChI=1S/C24H42B3N3O5/c1-3-5-11-18(33)30(14-9-7-6-8-13-28-16(31)10-4-2)15-12-17(32)29-22-19(25)20(26)23(34)24(35)21(22)27/h34-35H,3-15,25-27H2,1-2H3,(H,28,31)(H,29,32). The molecular formula is C24H42B3N3O5. The van der Waals surface area contributed by atoms with Crippen molar-refractivity contribution < 1.29 is 24.6 Å². The van der Waals surface area contributed by atoms with Gasteiger partial charge in [-0.05, 0) is 36.6 Å². The number of aromatic hydroxyl groups is 2. The van der Waals surface area contributed by atoms with Gasteiger partial charge in [0.25, 0.3) is 0 Å². The van der Waals surface area contributed by atoms with Gasteiger partial charge in [0.05, 0.1) is 0 Å². The summed E-state index contributed by atoms with van der Waals surface area (Å²) in [7, 11) is 5.12. The number of carbonyl (C=O) groups excluding carboxylic acids is 3. The van der Waals surface area contributed by atoms with Crippen molar-refractivity contribution in [3.8, 4) is 11.5 Å². The lowest BCUT2D eigenvalue weighted by atomic mass is 9.74. The van der Waals surface area contributed by atoms with Crippen molar-refractivity contribution in [1.82, 2.24) is 10.2 Å². The second kappa shape index (κ2) is 16.2. The van der Waals surface area contributed by atoms with E-state index in [0.717, 1.165) is 44.9 Å². The Morgan fingerprint density at radius 2 is 1.40 bits per heavy atom. The fraction of sp³-hybridized carbons (Fsp3) is 0.625. The third-order valence-electron chi connectivity index (χ3n) is 6.37. The first kappa shape index (κ1) is 30.5. The van der Waals surface area contributed by atoms with E-state index in [1.165, 1.54) is 0 Å². The summed E-state index contributed by atoms with van der Waals surface area (Å²) in [6.45, 7) is 5.66. The molecule has 1 rings (SSSR count). The summed E-state index contributed by atoms with van der Waals surface area (Å²) in [6, 6.07) is 0. The topological polar surface area (TPSA) is 119 Å². The number of phenols is 2. The van der Waals surface area contributed by atoms with Crippen molar-refractivity contribution >= 4 is 63.3 Å². The van der Waals surface area contributed by atoms with Gasteiger partial charge >= 0.3 is 0 Å². The fourth-order valence-corrected chi connectivity index (χ4v) is 3.92. The number of benzene rings is 1. The number of rotatable bonds is 16. The molecule has 0 aliphatic carbocycles. The van der Waals surface area contributed by atoms with Crippen LogP contribution >= 0.6 is 0 Å². The first-order chi connectivity index (χ1) is 16.6. The third-order valence-corrected chi connectivity index (χ3v) is 6.37. The highest BCUT2D eigenvalue weighted by atomic mass is 16.3. The Kier molecular flexibility index (Phi) is 14.1. The second-order valence-corrected chi connectivity index (χ2v) is 9.24. The molecule has 4 N–H and O–H groups in total. The molecule has 0 heterocycles. The molecule has 0 aliphatic rings. The van der Waals surface area contributed by atoms with Gasteiger partial charge in [-0.3, -0.25) is 14.4 Å².